The van der Waals surface area contributed by atoms with Crippen LogP contribution < -0.4 is 0 Å². The molecule has 0 amide bonds. The Morgan fingerprint density at radius 2 is 1.07 bits per heavy atom. The van der Waals surface area contributed by atoms with E-state index < -0.39 is 0 Å². The molecular formula is C24H38O4. The molecule has 158 valence electrons. The van der Waals surface area contributed by atoms with Gasteiger partial charge in [0, 0.05) is 6.61 Å². The van der Waals surface area contributed by atoms with E-state index in [9.17, 15) is 0 Å². The first kappa shape index (κ1) is 24.3. The summed E-state index contributed by atoms with van der Waals surface area (Å²) in [5, 5.41) is 0. The van der Waals surface area contributed by atoms with E-state index in [1.165, 1.54) is 5.56 Å². The van der Waals surface area contributed by atoms with Crippen LogP contribution in [0.2, 0.25) is 0 Å². The van der Waals surface area contributed by atoms with Gasteiger partial charge in [-0.3, -0.25) is 0 Å². The summed E-state index contributed by atoms with van der Waals surface area (Å²) in [5.41, 5.74) is 4.55. The van der Waals surface area contributed by atoms with Gasteiger partial charge in [-0.05, 0) is 49.0 Å². The monoisotopic (exact) mass is 390 g/mol. The van der Waals surface area contributed by atoms with Crippen LogP contribution in [-0.4, -0.2) is 39.6 Å². The first-order valence-electron chi connectivity index (χ1n) is 10.5. The SMILES string of the molecule is CCCCOC=C(C)c1ccc(C(C)=COCCOCCOCCCC)cc1. The van der Waals surface area contributed by atoms with Gasteiger partial charge in [-0.15, -0.1) is 0 Å². The zero-order valence-electron chi connectivity index (χ0n) is 18.2. The van der Waals surface area contributed by atoms with E-state index in [1.54, 1.807) is 6.26 Å². The number of hydrogen-bond donors (Lipinski definition) is 0. The van der Waals surface area contributed by atoms with Gasteiger partial charge in [-0.2, -0.15) is 0 Å². The Bertz CT molecular complexity index is 560. The average molecular weight is 391 g/mol. The van der Waals surface area contributed by atoms with Crippen molar-refractivity contribution in [3.05, 3.63) is 47.9 Å². The number of rotatable bonds is 16. The highest BCUT2D eigenvalue weighted by Crippen LogP contribution is 2.19. The van der Waals surface area contributed by atoms with Crippen LogP contribution in [0.4, 0.5) is 0 Å². The van der Waals surface area contributed by atoms with Crippen LogP contribution >= 0.6 is 0 Å². The van der Waals surface area contributed by atoms with Gasteiger partial charge in [0.2, 0.25) is 0 Å². The zero-order valence-corrected chi connectivity index (χ0v) is 18.2. The standard InChI is InChI=1S/C24H38O4/c1-5-7-13-25-15-16-26-17-18-28-20-22(4)24-11-9-23(10-12-24)21(3)19-27-14-8-6-2/h9-12,19-20H,5-8,13-18H2,1-4H3. The second kappa shape index (κ2) is 16.2. The summed E-state index contributed by atoms with van der Waals surface area (Å²) in [6.07, 6.45) is 8.15. The lowest BCUT2D eigenvalue weighted by Gasteiger charge is -2.08. The lowest BCUT2D eigenvalue weighted by molar-refractivity contribution is 0.0300. The highest BCUT2D eigenvalue weighted by molar-refractivity contribution is 5.68. The number of allylic oxidation sites excluding steroid dienone is 2. The van der Waals surface area contributed by atoms with E-state index in [-0.39, 0.29) is 0 Å². The van der Waals surface area contributed by atoms with Crippen molar-refractivity contribution < 1.29 is 18.9 Å². The Morgan fingerprint density at radius 1 is 0.643 bits per heavy atom. The predicted molar refractivity (Wildman–Crippen MR) is 117 cm³/mol. The molecule has 0 N–H and O–H groups in total. The molecule has 0 fully saturated rings. The van der Waals surface area contributed by atoms with E-state index in [4.69, 9.17) is 18.9 Å². The smallest absolute Gasteiger partial charge is 0.111 e. The molecule has 1 aromatic rings. The maximum atomic E-state index is 5.59. The minimum atomic E-state index is 0.543. The normalized spacial score (nSPS) is 12.3. The molecule has 0 saturated carbocycles. The minimum absolute atomic E-state index is 0.543. The molecule has 0 aromatic heterocycles. The third-order valence-corrected chi connectivity index (χ3v) is 4.29. The van der Waals surface area contributed by atoms with Gasteiger partial charge < -0.3 is 18.9 Å². The van der Waals surface area contributed by atoms with Crippen molar-refractivity contribution in [3.63, 3.8) is 0 Å². The van der Waals surface area contributed by atoms with Gasteiger partial charge in [0.15, 0.2) is 0 Å². The lowest BCUT2D eigenvalue weighted by Crippen LogP contribution is -2.08. The Hall–Kier alpha value is -1.78. The maximum absolute atomic E-state index is 5.59. The number of hydrogen-bond acceptors (Lipinski definition) is 4. The van der Waals surface area contributed by atoms with Crippen molar-refractivity contribution in [1.82, 2.24) is 0 Å². The lowest BCUT2D eigenvalue weighted by atomic mass is 10.0. The quantitative estimate of drug-likeness (QED) is 0.253. The molecule has 1 aromatic carbocycles. The summed E-state index contributed by atoms with van der Waals surface area (Å²) < 4.78 is 22.1. The second-order valence-electron chi connectivity index (χ2n) is 6.85. The molecule has 0 heterocycles. The summed E-state index contributed by atoms with van der Waals surface area (Å²) in [6, 6.07) is 8.45. The van der Waals surface area contributed by atoms with Crippen molar-refractivity contribution in [3.8, 4) is 0 Å². The molecule has 0 unspecified atom stereocenters. The number of benzene rings is 1. The highest BCUT2D eigenvalue weighted by Gasteiger charge is 2.00. The molecule has 0 aliphatic carbocycles. The van der Waals surface area contributed by atoms with Crippen LogP contribution in [0, 0.1) is 0 Å². The Labute approximate surface area is 171 Å². The van der Waals surface area contributed by atoms with Crippen LogP contribution in [0.3, 0.4) is 0 Å². The summed E-state index contributed by atoms with van der Waals surface area (Å²) in [4.78, 5) is 0. The molecule has 0 radical (unpaired) electrons. The van der Waals surface area contributed by atoms with Gasteiger partial charge in [0.1, 0.15) is 6.61 Å². The topological polar surface area (TPSA) is 36.9 Å². The molecule has 1 rings (SSSR count). The molecule has 0 aliphatic rings. The van der Waals surface area contributed by atoms with Crippen LogP contribution in [0.1, 0.15) is 64.5 Å². The van der Waals surface area contributed by atoms with E-state index in [0.717, 1.165) is 55.6 Å². The van der Waals surface area contributed by atoms with Gasteiger partial charge in [-0.25, -0.2) is 0 Å². The van der Waals surface area contributed by atoms with E-state index >= 15 is 0 Å². The summed E-state index contributed by atoms with van der Waals surface area (Å²) in [7, 11) is 0. The number of ether oxygens (including phenoxy) is 4. The summed E-state index contributed by atoms with van der Waals surface area (Å²) in [6.45, 7) is 12.4. The van der Waals surface area contributed by atoms with E-state index in [1.807, 2.05) is 13.2 Å². The van der Waals surface area contributed by atoms with Gasteiger partial charge >= 0.3 is 0 Å². The molecule has 0 aliphatic heterocycles. The predicted octanol–water partition coefficient (Wildman–Crippen LogP) is 6.07. The van der Waals surface area contributed by atoms with Crippen LogP contribution in [0.25, 0.3) is 11.1 Å². The first-order valence-corrected chi connectivity index (χ1v) is 10.5. The van der Waals surface area contributed by atoms with Gasteiger partial charge in [0.05, 0.1) is 39.0 Å². The third kappa shape index (κ3) is 11.2. The summed E-state index contributed by atoms with van der Waals surface area (Å²) >= 11 is 0. The molecule has 4 heteroatoms. The fourth-order valence-electron chi connectivity index (χ4n) is 2.40. The highest BCUT2D eigenvalue weighted by atomic mass is 16.5. The Kier molecular flexibility index (Phi) is 14.0. The molecule has 28 heavy (non-hydrogen) atoms. The molecule has 4 nitrogen and oxygen atoms in total. The second-order valence-corrected chi connectivity index (χ2v) is 6.85. The van der Waals surface area contributed by atoms with Gasteiger partial charge in [-0.1, -0.05) is 51.0 Å². The molecule has 0 atom stereocenters. The minimum Gasteiger partial charge on any atom is -0.501 e. The average Bonchev–Trinajstić information content (AvgIpc) is 2.72. The fraction of sp³-hybridized carbons (Fsp3) is 0.583. The van der Waals surface area contributed by atoms with Crippen LogP contribution in [0.15, 0.2) is 36.8 Å². The summed E-state index contributed by atoms with van der Waals surface area (Å²) in [5.74, 6) is 0. The largest absolute Gasteiger partial charge is 0.501 e. The third-order valence-electron chi connectivity index (χ3n) is 4.29. The number of unbranched alkanes of at least 4 members (excludes halogenated alkanes) is 2. The van der Waals surface area contributed by atoms with Crippen molar-refractivity contribution in [1.29, 1.82) is 0 Å². The molecular weight excluding hydrogens is 352 g/mol. The maximum Gasteiger partial charge on any atom is 0.111 e. The van der Waals surface area contributed by atoms with E-state index in [2.05, 4.69) is 45.0 Å². The van der Waals surface area contributed by atoms with E-state index in [0.29, 0.717) is 26.4 Å². The van der Waals surface area contributed by atoms with Crippen molar-refractivity contribution in [2.45, 2.75) is 53.4 Å². The van der Waals surface area contributed by atoms with Gasteiger partial charge in [0.25, 0.3) is 0 Å². The van der Waals surface area contributed by atoms with Crippen molar-refractivity contribution in [2.24, 2.45) is 0 Å². The first-order chi connectivity index (χ1) is 13.7. The zero-order chi connectivity index (χ0) is 20.5. The van der Waals surface area contributed by atoms with Crippen LogP contribution in [-0.2, 0) is 18.9 Å². The Morgan fingerprint density at radius 3 is 1.61 bits per heavy atom. The molecule has 0 saturated heterocycles. The fourth-order valence-corrected chi connectivity index (χ4v) is 2.40. The Balaban J connectivity index is 2.27. The molecule has 0 spiro atoms. The van der Waals surface area contributed by atoms with Crippen molar-refractivity contribution >= 4 is 11.1 Å². The molecule has 0 bridgehead atoms. The van der Waals surface area contributed by atoms with Crippen molar-refractivity contribution in [2.75, 3.05) is 39.6 Å². The van der Waals surface area contributed by atoms with Crippen LogP contribution in [0.5, 0.6) is 0 Å².